The van der Waals surface area contributed by atoms with Gasteiger partial charge in [0.05, 0.1) is 5.56 Å². The number of carboxylic acids is 1. The minimum atomic E-state index is -1.07. The average molecular weight is 303 g/mol. The molecule has 1 aromatic heterocycles. The summed E-state index contributed by atoms with van der Waals surface area (Å²) >= 11 is 5.96. The molecular weight excluding hydrogens is 292 g/mol. The Hall–Kier alpha value is -2.66. The summed E-state index contributed by atoms with van der Waals surface area (Å²) in [5, 5.41) is 11.8. The molecule has 0 spiro atoms. The van der Waals surface area contributed by atoms with Gasteiger partial charge in [0.1, 0.15) is 5.82 Å². The van der Waals surface area contributed by atoms with Gasteiger partial charge in [-0.1, -0.05) is 29.8 Å². The molecule has 2 rings (SSSR count). The number of nitrogens with one attached hydrogen (secondary N) is 1. The molecule has 0 aliphatic heterocycles. The zero-order valence-electron chi connectivity index (χ0n) is 10.8. The van der Waals surface area contributed by atoms with Gasteiger partial charge in [-0.05, 0) is 29.8 Å². The molecule has 21 heavy (non-hydrogen) atoms. The summed E-state index contributed by atoms with van der Waals surface area (Å²) in [4.78, 5) is 26.2. The molecule has 0 unspecified atom stereocenters. The van der Waals surface area contributed by atoms with Gasteiger partial charge < -0.3 is 10.4 Å². The van der Waals surface area contributed by atoms with Crippen molar-refractivity contribution in [1.29, 1.82) is 0 Å². The third-order valence-corrected chi connectivity index (χ3v) is 2.93. The second-order valence-corrected chi connectivity index (χ2v) is 4.49. The standard InChI is InChI=1S/C15H11ClN2O3/c16-12-4-2-1-3-10(12)6-8-14(19)18-13-7-5-11(9-17-13)15(20)21/h1-9H,(H,20,21)(H,17,18,19)/b8-6+. The Kier molecular flexibility index (Phi) is 4.68. The first-order valence-electron chi connectivity index (χ1n) is 5.99. The van der Waals surface area contributed by atoms with E-state index in [1.807, 2.05) is 6.07 Å². The van der Waals surface area contributed by atoms with Crippen molar-refractivity contribution < 1.29 is 14.7 Å². The fourth-order valence-corrected chi connectivity index (χ4v) is 1.74. The second-order valence-electron chi connectivity index (χ2n) is 4.08. The maximum atomic E-state index is 11.7. The number of rotatable bonds is 4. The van der Waals surface area contributed by atoms with Gasteiger partial charge in [0.25, 0.3) is 0 Å². The number of carbonyl (C=O) groups is 2. The highest BCUT2D eigenvalue weighted by Crippen LogP contribution is 2.16. The molecule has 0 aliphatic rings. The Morgan fingerprint density at radius 3 is 2.57 bits per heavy atom. The van der Waals surface area contributed by atoms with Crippen LogP contribution in [0.5, 0.6) is 0 Å². The van der Waals surface area contributed by atoms with Crippen molar-refractivity contribution in [3.63, 3.8) is 0 Å². The lowest BCUT2D eigenvalue weighted by molar-refractivity contribution is -0.111. The molecule has 0 bridgehead atoms. The van der Waals surface area contributed by atoms with Crippen LogP contribution in [0.3, 0.4) is 0 Å². The number of anilines is 1. The maximum absolute atomic E-state index is 11.7. The molecule has 0 atom stereocenters. The minimum Gasteiger partial charge on any atom is -0.478 e. The predicted octanol–water partition coefficient (Wildman–Crippen LogP) is 3.09. The van der Waals surface area contributed by atoms with E-state index < -0.39 is 5.97 Å². The zero-order chi connectivity index (χ0) is 15.2. The molecule has 0 aliphatic carbocycles. The lowest BCUT2D eigenvalue weighted by atomic mass is 10.2. The zero-order valence-corrected chi connectivity index (χ0v) is 11.5. The smallest absolute Gasteiger partial charge is 0.337 e. The summed E-state index contributed by atoms with van der Waals surface area (Å²) in [5.41, 5.74) is 0.781. The summed E-state index contributed by atoms with van der Waals surface area (Å²) < 4.78 is 0. The van der Waals surface area contributed by atoms with Crippen molar-refractivity contribution in [3.8, 4) is 0 Å². The molecule has 0 saturated heterocycles. The number of aromatic carboxylic acids is 1. The maximum Gasteiger partial charge on any atom is 0.337 e. The van der Waals surface area contributed by atoms with Crippen LogP contribution < -0.4 is 5.32 Å². The number of benzene rings is 1. The summed E-state index contributed by atoms with van der Waals surface area (Å²) in [5.74, 6) is -1.18. The Morgan fingerprint density at radius 2 is 1.95 bits per heavy atom. The SMILES string of the molecule is O=C(/C=C/c1ccccc1Cl)Nc1ccc(C(=O)O)cn1. The molecule has 2 N–H and O–H groups in total. The van der Waals surface area contributed by atoms with E-state index in [1.165, 1.54) is 24.4 Å². The van der Waals surface area contributed by atoms with Crippen LogP contribution in [0.15, 0.2) is 48.7 Å². The van der Waals surface area contributed by atoms with E-state index in [2.05, 4.69) is 10.3 Å². The first kappa shape index (κ1) is 14.7. The van der Waals surface area contributed by atoms with E-state index >= 15 is 0 Å². The number of hydrogen-bond acceptors (Lipinski definition) is 3. The lowest BCUT2D eigenvalue weighted by Crippen LogP contribution is -2.09. The average Bonchev–Trinajstić information content (AvgIpc) is 2.47. The number of halogens is 1. The Balaban J connectivity index is 2.02. The number of amides is 1. The number of hydrogen-bond donors (Lipinski definition) is 2. The molecule has 0 saturated carbocycles. The minimum absolute atomic E-state index is 0.0552. The van der Waals surface area contributed by atoms with Crippen molar-refractivity contribution in [2.75, 3.05) is 5.32 Å². The van der Waals surface area contributed by atoms with Crippen molar-refractivity contribution in [1.82, 2.24) is 4.98 Å². The first-order chi connectivity index (χ1) is 10.1. The van der Waals surface area contributed by atoms with E-state index in [-0.39, 0.29) is 17.3 Å². The fraction of sp³-hybridized carbons (Fsp3) is 0. The van der Waals surface area contributed by atoms with Crippen LogP contribution in [0, 0.1) is 0 Å². The van der Waals surface area contributed by atoms with E-state index in [0.29, 0.717) is 5.02 Å². The van der Waals surface area contributed by atoms with E-state index in [9.17, 15) is 9.59 Å². The monoisotopic (exact) mass is 302 g/mol. The van der Waals surface area contributed by atoms with Crippen LogP contribution in [0.1, 0.15) is 15.9 Å². The number of carbonyl (C=O) groups excluding carboxylic acids is 1. The van der Waals surface area contributed by atoms with Crippen molar-refractivity contribution in [2.24, 2.45) is 0 Å². The highest BCUT2D eigenvalue weighted by atomic mass is 35.5. The van der Waals surface area contributed by atoms with Gasteiger partial charge in [-0.3, -0.25) is 4.79 Å². The van der Waals surface area contributed by atoms with Gasteiger partial charge in [0.15, 0.2) is 0 Å². The molecule has 1 aromatic carbocycles. The number of carboxylic acid groups (broad SMARTS) is 1. The van der Waals surface area contributed by atoms with Crippen molar-refractivity contribution >= 4 is 35.4 Å². The molecular formula is C15H11ClN2O3. The topological polar surface area (TPSA) is 79.3 Å². The van der Waals surface area contributed by atoms with Gasteiger partial charge in [0.2, 0.25) is 5.91 Å². The molecule has 6 heteroatoms. The fourth-order valence-electron chi connectivity index (χ4n) is 1.54. The summed E-state index contributed by atoms with van der Waals surface area (Å²) in [6, 6.07) is 9.91. The van der Waals surface area contributed by atoms with Crippen LogP contribution >= 0.6 is 11.6 Å². The van der Waals surface area contributed by atoms with Crippen LogP contribution in [-0.2, 0) is 4.79 Å². The lowest BCUT2D eigenvalue weighted by Gasteiger charge is -2.01. The largest absolute Gasteiger partial charge is 0.478 e. The third-order valence-electron chi connectivity index (χ3n) is 2.58. The molecule has 1 heterocycles. The second kappa shape index (κ2) is 6.67. The van der Waals surface area contributed by atoms with Gasteiger partial charge in [-0.25, -0.2) is 9.78 Å². The van der Waals surface area contributed by atoms with Gasteiger partial charge in [-0.2, -0.15) is 0 Å². The molecule has 2 aromatic rings. The Morgan fingerprint density at radius 1 is 1.19 bits per heavy atom. The van der Waals surface area contributed by atoms with Crippen LogP contribution in [0.2, 0.25) is 5.02 Å². The van der Waals surface area contributed by atoms with Crippen LogP contribution in [-0.4, -0.2) is 22.0 Å². The highest BCUT2D eigenvalue weighted by molar-refractivity contribution is 6.32. The third kappa shape index (κ3) is 4.15. The summed E-state index contributed by atoms with van der Waals surface area (Å²) in [7, 11) is 0. The highest BCUT2D eigenvalue weighted by Gasteiger charge is 2.04. The molecule has 5 nitrogen and oxygen atoms in total. The van der Waals surface area contributed by atoms with Crippen molar-refractivity contribution in [3.05, 3.63) is 64.8 Å². The predicted molar refractivity (Wildman–Crippen MR) is 80.3 cm³/mol. The Bertz CT molecular complexity index is 696. The van der Waals surface area contributed by atoms with Gasteiger partial charge in [0, 0.05) is 17.3 Å². The van der Waals surface area contributed by atoms with E-state index in [1.54, 1.807) is 24.3 Å². The van der Waals surface area contributed by atoms with E-state index in [0.717, 1.165) is 5.56 Å². The van der Waals surface area contributed by atoms with Gasteiger partial charge >= 0.3 is 5.97 Å². The number of pyridine rings is 1. The number of aromatic nitrogens is 1. The number of nitrogens with zero attached hydrogens (tertiary/aromatic N) is 1. The van der Waals surface area contributed by atoms with Gasteiger partial charge in [-0.15, -0.1) is 0 Å². The molecule has 0 fully saturated rings. The normalized spacial score (nSPS) is 10.5. The van der Waals surface area contributed by atoms with E-state index in [4.69, 9.17) is 16.7 Å². The summed E-state index contributed by atoms with van der Waals surface area (Å²) in [6.07, 6.45) is 4.09. The quantitative estimate of drug-likeness (QED) is 0.851. The molecule has 1 amide bonds. The Labute approximate surface area is 125 Å². The van der Waals surface area contributed by atoms with Crippen LogP contribution in [0.25, 0.3) is 6.08 Å². The van der Waals surface area contributed by atoms with Crippen molar-refractivity contribution in [2.45, 2.75) is 0 Å². The molecule has 0 radical (unpaired) electrons. The first-order valence-corrected chi connectivity index (χ1v) is 6.37. The summed E-state index contributed by atoms with van der Waals surface area (Å²) in [6.45, 7) is 0. The van der Waals surface area contributed by atoms with Crippen LogP contribution in [0.4, 0.5) is 5.82 Å². The molecule has 106 valence electrons.